The Balaban J connectivity index is 2.39. The summed E-state index contributed by atoms with van der Waals surface area (Å²) >= 11 is 0. The first kappa shape index (κ1) is 14.2. The molecule has 1 fully saturated rings. The largest absolute Gasteiger partial charge is 0.480 e. The number of hydrogen-bond donors (Lipinski definition) is 1. The molecule has 20 heavy (non-hydrogen) atoms. The Morgan fingerprint density at radius 3 is 2.75 bits per heavy atom. The van der Waals surface area contributed by atoms with Crippen molar-refractivity contribution in [2.75, 3.05) is 18.6 Å². The molecule has 2 rings (SSSR count). The van der Waals surface area contributed by atoms with E-state index >= 15 is 0 Å². The second-order valence-electron chi connectivity index (χ2n) is 4.93. The van der Waals surface area contributed by atoms with Crippen LogP contribution in [0, 0.1) is 12.8 Å². The molecule has 0 saturated carbocycles. The number of carboxylic acid groups (broad SMARTS) is 1. The minimum Gasteiger partial charge on any atom is -0.480 e. The van der Waals surface area contributed by atoms with Crippen molar-refractivity contribution in [3.8, 4) is 0 Å². The number of anilines is 1. The van der Waals surface area contributed by atoms with Gasteiger partial charge in [-0.2, -0.15) is 0 Å². The monoisotopic (exact) mass is 279 g/mol. The number of carbonyl (C=O) groups is 2. The summed E-state index contributed by atoms with van der Waals surface area (Å²) in [6.07, 6.45) is 0.771. The van der Waals surface area contributed by atoms with Crippen LogP contribution in [0.4, 0.5) is 5.82 Å². The molecule has 7 heteroatoms. The maximum atomic E-state index is 11.5. The minimum atomic E-state index is -0.883. The smallest absolute Gasteiger partial charge is 0.376 e. The first-order chi connectivity index (χ1) is 9.43. The van der Waals surface area contributed by atoms with E-state index in [9.17, 15) is 14.7 Å². The quantitative estimate of drug-likeness (QED) is 0.820. The number of esters is 1. The molecule has 1 N–H and O–H groups in total. The summed E-state index contributed by atoms with van der Waals surface area (Å²) in [6.45, 7) is 4.22. The minimum absolute atomic E-state index is 0.0318. The number of carboxylic acids is 1. The van der Waals surface area contributed by atoms with Crippen LogP contribution in [0.3, 0.4) is 0 Å². The maximum absolute atomic E-state index is 11.5. The Kier molecular flexibility index (Phi) is 3.87. The lowest BCUT2D eigenvalue weighted by molar-refractivity contribution is -0.139. The van der Waals surface area contributed by atoms with E-state index in [0.717, 1.165) is 6.42 Å². The average Bonchev–Trinajstić information content (AvgIpc) is 2.79. The third-order valence-corrected chi connectivity index (χ3v) is 3.46. The van der Waals surface area contributed by atoms with Gasteiger partial charge in [-0.3, -0.25) is 0 Å². The van der Waals surface area contributed by atoms with Crippen molar-refractivity contribution in [3.63, 3.8) is 0 Å². The van der Waals surface area contributed by atoms with Gasteiger partial charge in [0.15, 0.2) is 0 Å². The van der Waals surface area contributed by atoms with Crippen molar-refractivity contribution in [2.45, 2.75) is 26.3 Å². The third-order valence-electron chi connectivity index (χ3n) is 3.46. The SMILES string of the molecule is COC(=O)c1nc(C)cc(N2CCC(C)C2C(=O)O)n1. The normalized spacial score (nSPS) is 21.9. The zero-order valence-corrected chi connectivity index (χ0v) is 11.7. The highest BCUT2D eigenvalue weighted by molar-refractivity contribution is 5.86. The average molecular weight is 279 g/mol. The Morgan fingerprint density at radius 1 is 1.45 bits per heavy atom. The molecule has 0 aliphatic carbocycles. The number of aromatic nitrogens is 2. The molecule has 2 heterocycles. The van der Waals surface area contributed by atoms with Crippen LogP contribution in [0.15, 0.2) is 6.07 Å². The molecule has 1 aliphatic rings. The zero-order valence-electron chi connectivity index (χ0n) is 11.7. The molecule has 108 valence electrons. The molecular formula is C13H17N3O4. The lowest BCUT2D eigenvalue weighted by atomic mass is 10.0. The summed E-state index contributed by atoms with van der Waals surface area (Å²) in [5.41, 5.74) is 0.596. The van der Waals surface area contributed by atoms with E-state index in [2.05, 4.69) is 14.7 Å². The molecule has 0 amide bonds. The molecular weight excluding hydrogens is 262 g/mol. The van der Waals surface area contributed by atoms with Crippen LogP contribution in [0.25, 0.3) is 0 Å². The second kappa shape index (κ2) is 5.44. The van der Waals surface area contributed by atoms with Gasteiger partial charge < -0.3 is 14.7 Å². The van der Waals surface area contributed by atoms with Crippen molar-refractivity contribution in [2.24, 2.45) is 5.92 Å². The van der Waals surface area contributed by atoms with Crippen LogP contribution < -0.4 is 4.90 Å². The van der Waals surface area contributed by atoms with Gasteiger partial charge in [0.1, 0.15) is 11.9 Å². The predicted molar refractivity (Wildman–Crippen MR) is 70.7 cm³/mol. The summed E-state index contributed by atoms with van der Waals surface area (Å²) in [4.78, 5) is 32.7. The van der Waals surface area contributed by atoms with E-state index in [1.54, 1.807) is 17.9 Å². The Bertz CT molecular complexity index is 546. The molecule has 0 bridgehead atoms. The summed E-state index contributed by atoms with van der Waals surface area (Å²) in [5, 5.41) is 9.33. The van der Waals surface area contributed by atoms with Crippen molar-refractivity contribution in [1.29, 1.82) is 0 Å². The third kappa shape index (κ3) is 2.56. The number of hydrogen-bond acceptors (Lipinski definition) is 6. The fourth-order valence-electron chi connectivity index (χ4n) is 2.46. The fourth-order valence-corrected chi connectivity index (χ4v) is 2.46. The van der Waals surface area contributed by atoms with Crippen LogP contribution in [0.2, 0.25) is 0 Å². The maximum Gasteiger partial charge on any atom is 0.376 e. The highest BCUT2D eigenvalue weighted by atomic mass is 16.5. The van der Waals surface area contributed by atoms with Gasteiger partial charge in [-0.05, 0) is 19.3 Å². The molecule has 2 atom stereocenters. The predicted octanol–water partition coefficient (Wildman–Crippen LogP) is 0.871. The van der Waals surface area contributed by atoms with Crippen molar-refractivity contribution >= 4 is 17.8 Å². The highest BCUT2D eigenvalue weighted by Gasteiger charge is 2.37. The number of aryl methyl sites for hydroxylation is 1. The van der Waals surface area contributed by atoms with E-state index in [1.165, 1.54) is 7.11 Å². The zero-order chi connectivity index (χ0) is 14.9. The van der Waals surface area contributed by atoms with Gasteiger partial charge in [-0.1, -0.05) is 6.92 Å². The Morgan fingerprint density at radius 2 is 2.15 bits per heavy atom. The van der Waals surface area contributed by atoms with Crippen LogP contribution >= 0.6 is 0 Å². The lowest BCUT2D eigenvalue weighted by Crippen LogP contribution is -2.39. The number of aliphatic carboxylic acids is 1. The van der Waals surface area contributed by atoms with E-state index in [-0.39, 0.29) is 11.7 Å². The first-order valence-corrected chi connectivity index (χ1v) is 6.37. The van der Waals surface area contributed by atoms with Gasteiger partial charge >= 0.3 is 11.9 Å². The number of ether oxygens (including phenoxy) is 1. The van der Waals surface area contributed by atoms with Gasteiger partial charge in [0, 0.05) is 18.3 Å². The Hall–Kier alpha value is -2.18. The van der Waals surface area contributed by atoms with Crippen molar-refractivity contribution in [3.05, 3.63) is 17.6 Å². The molecule has 0 radical (unpaired) electrons. The number of methoxy groups -OCH3 is 1. The fraction of sp³-hybridized carbons (Fsp3) is 0.538. The standard InChI is InChI=1S/C13H17N3O4/c1-7-4-5-16(10(7)12(17)18)9-6-8(2)14-11(15-9)13(19)20-3/h6-7,10H,4-5H2,1-3H3,(H,17,18). The number of rotatable bonds is 3. The molecule has 2 unspecified atom stereocenters. The highest BCUT2D eigenvalue weighted by Crippen LogP contribution is 2.29. The van der Waals surface area contributed by atoms with Gasteiger partial charge in [0.25, 0.3) is 0 Å². The van der Waals surface area contributed by atoms with Gasteiger partial charge in [0.2, 0.25) is 5.82 Å². The molecule has 1 aliphatic heterocycles. The molecule has 0 spiro atoms. The lowest BCUT2D eigenvalue weighted by Gasteiger charge is -2.24. The number of nitrogens with zero attached hydrogens (tertiary/aromatic N) is 3. The molecule has 1 saturated heterocycles. The molecule has 1 aromatic rings. The van der Waals surface area contributed by atoms with E-state index in [1.807, 2.05) is 6.92 Å². The summed E-state index contributed by atoms with van der Waals surface area (Å²) in [5.74, 6) is -1.08. The summed E-state index contributed by atoms with van der Waals surface area (Å²) < 4.78 is 4.61. The van der Waals surface area contributed by atoms with Crippen LogP contribution in [-0.2, 0) is 9.53 Å². The second-order valence-corrected chi connectivity index (χ2v) is 4.93. The number of carbonyl (C=O) groups excluding carboxylic acids is 1. The summed E-state index contributed by atoms with van der Waals surface area (Å²) in [6, 6.07) is 1.05. The van der Waals surface area contributed by atoms with E-state index < -0.39 is 18.0 Å². The van der Waals surface area contributed by atoms with Gasteiger partial charge in [-0.15, -0.1) is 0 Å². The summed E-state index contributed by atoms with van der Waals surface area (Å²) in [7, 11) is 1.26. The van der Waals surface area contributed by atoms with Crippen LogP contribution in [-0.4, -0.2) is 46.7 Å². The molecule has 0 aromatic carbocycles. The molecule has 7 nitrogen and oxygen atoms in total. The molecule has 1 aromatic heterocycles. The van der Waals surface area contributed by atoms with Gasteiger partial charge in [0.05, 0.1) is 7.11 Å². The van der Waals surface area contributed by atoms with E-state index in [0.29, 0.717) is 18.1 Å². The van der Waals surface area contributed by atoms with Crippen molar-refractivity contribution < 1.29 is 19.4 Å². The van der Waals surface area contributed by atoms with Crippen LogP contribution in [0.1, 0.15) is 29.7 Å². The van der Waals surface area contributed by atoms with Crippen molar-refractivity contribution in [1.82, 2.24) is 9.97 Å². The van der Waals surface area contributed by atoms with E-state index in [4.69, 9.17) is 0 Å². The Labute approximate surface area is 116 Å². The first-order valence-electron chi connectivity index (χ1n) is 6.37. The van der Waals surface area contributed by atoms with Gasteiger partial charge in [-0.25, -0.2) is 19.6 Å². The van der Waals surface area contributed by atoms with Crippen LogP contribution in [0.5, 0.6) is 0 Å². The topological polar surface area (TPSA) is 92.6 Å².